The molecule has 0 radical (unpaired) electrons. The van der Waals surface area contributed by atoms with E-state index in [1.54, 1.807) is 6.92 Å². The number of hydrogen-bond donors (Lipinski definition) is 1. The molecule has 88 valence electrons. The van der Waals surface area contributed by atoms with Gasteiger partial charge in [0.1, 0.15) is 6.04 Å². The van der Waals surface area contributed by atoms with Gasteiger partial charge >= 0.3 is 5.91 Å². The predicted octanol–water partition coefficient (Wildman–Crippen LogP) is 1.53. The van der Waals surface area contributed by atoms with Gasteiger partial charge in [0.15, 0.2) is 0 Å². The van der Waals surface area contributed by atoms with Crippen molar-refractivity contribution >= 4 is 5.91 Å². The van der Waals surface area contributed by atoms with Crippen molar-refractivity contribution in [3.63, 3.8) is 0 Å². The van der Waals surface area contributed by atoms with Gasteiger partial charge < -0.3 is 5.32 Å². The predicted molar refractivity (Wildman–Crippen MR) is 62.5 cm³/mol. The first kappa shape index (κ1) is 12.7. The molecule has 1 aliphatic rings. The molecule has 1 heterocycles. The third kappa shape index (κ3) is 2.58. The Balaban J connectivity index is 2.65. The lowest BCUT2D eigenvalue weighted by molar-refractivity contribution is -0.863. The second-order valence-corrected chi connectivity index (χ2v) is 4.95. The molecule has 0 aromatic carbocycles. The molecule has 1 saturated heterocycles. The summed E-state index contributed by atoms with van der Waals surface area (Å²) in [6.07, 6.45) is 2.38. The quantitative estimate of drug-likeness (QED) is 0.718. The SMILES string of the molecule is CC[N+]1(C(C)=O)CCCC1CNC(C)C. The minimum Gasteiger partial charge on any atom is -0.309 e. The van der Waals surface area contributed by atoms with Gasteiger partial charge in [-0.3, -0.25) is 4.48 Å². The lowest BCUT2D eigenvalue weighted by Gasteiger charge is -2.36. The molecular formula is C12H25N2O+. The van der Waals surface area contributed by atoms with Crippen LogP contribution in [0.25, 0.3) is 0 Å². The standard InChI is InChI=1S/C12H25N2O/c1-5-14(11(4)15)8-6-7-12(14)9-13-10(2)3/h10,12-13H,5-9H2,1-4H3/q+1. The molecule has 1 fully saturated rings. The summed E-state index contributed by atoms with van der Waals surface area (Å²) in [5.74, 6) is 0.338. The topological polar surface area (TPSA) is 29.1 Å². The summed E-state index contributed by atoms with van der Waals surface area (Å²) in [6, 6.07) is 1.01. The number of rotatable bonds is 4. The maximum Gasteiger partial charge on any atom is 0.310 e. The molecule has 2 atom stereocenters. The lowest BCUT2D eigenvalue weighted by Crippen LogP contribution is -2.58. The summed E-state index contributed by atoms with van der Waals surface area (Å²) >= 11 is 0. The second kappa shape index (κ2) is 5.08. The fraction of sp³-hybridized carbons (Fsp3) is 0.917. The van der Waals surface area contributed by atoms with Crippen LogP contribution in [0.5, 0.6) is 0 Å². The maximum atomic E-state index is 11.8. The van der Waals surface area contributed by atoms with Crippen LogP contribution in [0.3, 0.4) is 0 Å². The van der Waals surface area contributed by atoms with Gasteiger partial charge in [0.25, 0.3) is 0 Å². The Morgan fingerprint density at radius 3 is 2.67 bits per heavy atom. The molecule has 2 unspecified atom stereocenters. The van der Waals surface area contributed by atoms with Crippen molar-refractivity contribution in [2.45, 2.75) is 52.6 Å². The zero-order valence-corrected chi connectivity index (χ0v) is 10.5. The normalized spacial score (nSPS) is 31.1. The van der Waals surface area contributed by atoms with Crippen LogP contribution in [-0.2, 0) is 4.79 Å². The number of quaternary nitrogens is 1. The van der Waals surface area contributed by atoms with Crippen LogP contribution in [-0.4, -0.2) is 42.1 Å². The van der Waals surface area contributed by atoms with Crippen LogP contribution in [0.1, 0.15) is 40.5 Å². The summed E-state index contributed by atoms with van der Waals surface area (Å²) < 4.78 is 0.694. The summed E-state index contributed by atoms with van der Waals surface area (Å²) in [7, 11) is 0. The van der Waals surface area contributed by atoms with Gasteiger partial charge in [-0.15, -0.1) is 0 Å². The molecule has 1 aliphatic heterocycles. The molecule has 0 aromatic heterocycles. The van der Waals surface area contributed by atoms with Gasteiger partial charge in [0.05, 0.1) is 20.0 Å². The van der Waals surface area contributed by atoms with E-state index in [1.165, 1.54) is 12.8 Å². The zero-order chi connectivity index (χ0) is 11.5. The van der Waals surface area contributed by atoms with E-state index in [0.29, 0.717) is 22.5 Å². The lowest BCUT2D eigenvalue weighted by atomic mass is 10.1. The zero-order valence-electron chi connectivity index (χ0n) is 10.5. The highest BCUT2D eigenvalue weighted by molar-refractivity contribution is 5.66. The summed E-state index contributed by atoms with van der Waals surface area (Å²) in [5.41, 5.74) is 0. The Kier molecular flexibility index (Phi) is 4.29. The Morgan fingerprint density at radius 1 is 1.53 bits per heavy atom. The molecule has 0 aromatic rings. The number of nitrogens with one attached hydrogen (secondary N) is 1. The number of carbonyl (C=O) groups is 1. The fourth-order valence-corrected chi connectivity index (χ4v) is 2.74. The van der Waals surface area contributed by atoms with Gasteiger partial charge in [0, 0.05) is 25.4 Å². The van der Waals surface area contributed by atoms with Gasteiger partial charge in [-0.2, -0.15) is 0 Å². The van der Waals surface area contributed by atoms with Crippen molar-refractivity contribution < 1.29 is 9.28 Å². The van der Waals surface area contributed by atoms with E-state index < -0.39 is 0 Å². The molecule has 3 heteroatoms. The van der Waals surface area contributed by atoms with Crippen molar-refractivity contribution in [2.24, 2.45) is 0 Å². The Labute approximate surface area is 93.4 Å². The Hall–Kier alpha value is -0.410. The number of nitrogens with zero attached hydrogens (tertiary/aromatic N) is 1. The summed E-state index contributed by atoms with van der Waals surface area (Å²) in [5, 5.41) is 3.46. The maximum absolute atomic E-state index is 11.8. The number of carbonyl (C=O) groups excluding carboxylic acids is 1. The average molecular weight is 213 g/mol. The second-order valence-electron chi connectivity index (χ2n) is 4.95. The van der Waals surface area contributed by atoms with E-state index in [9.17, 15) is 4.79 Å². The van der Waals surface area contributed by atoms with E-state index in [0.717, 1.165) is 19.6 Å². The first-order chi connectivity index (χ1) is 7.03. The van der Waals surface area contributed by atoms with E-state index in [2.05, 4.69) is 26.1 Å². The van der Waals surface area contributed by atoms with E-state index in [4.69, 9.17) is 0 Å². The number of likely N-dealkylation sites (tertiary alicyclic amines) is 1. The van der Waals surface area contributed by atoms with E-state index in [1.807, 2.05) is 0 Å². The first-order valence-electron chi connectivity index (χ1n) is 6.14. The fourth-order valence-electron chi connectivity index (χ4n) is 2.74. The number of hydrogen-bond acceptors (Lipinski definition) is 2. The molecule has 0 bridgehead atoms. The largest absolute Gasteiger partial charge is 0.310 e. The first-order valence-corrected chi connectivity index (χ1v) is 6.14. The Bertz CT molecular complexity index is 228. The molecule has 3 nitrogen and oxygen atoms in total. The third-order valence-corrected chi connectivity index (χ3v) is 3.75. The smallest absolute Gasteiger partial charge is 0.309 e. The van der Waals surface area contributed by atoms with Gasteiger partial charge in [0.2, 0.25) is 0 Å². The van der Waals surface area contributed by atoms with Gasteiger partial charge in [-0.1, -0.05) is 13.8 Å². The number of amides is 1. The molecule has 1 N–H and O–H groups in total. The van der Waals surface area contributed by atoms with Crippen LogP contribution < -0.4 is 5.32 Å². The highest BCUT2D eigenvalue weighted by Crippen LogP contribution is 2.26. The van der Waals surface area contributed by atoms with Crippen molar-refractivity contribution in [3.05, 3.63) is 0 Å². The van der Waals surface area contributed by atoms with Crippen LogP contribution in [0.4, 0.5) is 0 Å². The van der Waals surface area contributed by atoms with Crippen LogP contribution in [0.2, 0.25) is 0 Å². The van der Waals surface area contributed by atoms with E-state index >= 15 is 0 Å². The average Bonchev–Trinajstić information content (AvgIpc) is 2.58. The monoisotopic (exact) mass is 213 g/mol. The molecule has 1 rings (SSSR count). The summed E-state index contributed by atoms with van der Waals surface area (Å²) in [4.78, 5) is 11.8. The molecule has 15 heavy (non-hydrogen) atoms. The van der Waals surface area contributed by atoms with Crippen LogP contribution in [0, 0.1) is 0 Å². The van der Waals surface area contributed by atoms with Crippen molar-refractivity contribution in [1.29, 1.82) is 0 Å². The molecule has 0 spiro atoms. The molecular weight excluding hydrogens is 188 g/mol. The minimum atomic E-state index is 0.338. The van der Waals surface area contributed by atoms with Crippen LogP contribution in [0.15, 0.2) is 0 Å². The highest BCUT2D eigenvalue weighted by atomic mass is 16.2. The molecule has 0 aliphatic carbocycles. The van der Waals surface area contributed by atoms with Crippen molar-refractivity contribution in [2.75, 3.05) is 19.6 Å². The third-order valence-electron chi connectivity index (χ3n) is 3.75. The molecule has 0 saturated carbocycles. The molecule has 1 amide bonds. The van der Waals surface area contributed by atoms with Crippen molar-refractivity contribution in [3.8, 4) is 0 Å². The number of likely N-dealkylation sites (N-methyl/N-ethyl adjacent to an activating group) is 1. The minimum absolute atomic E-state index is 0.338. The highest BCUT2D eigenvalue weighted by Gasteiger charge is 2.44. The van der Waals surface area contributed by atoms with Gasteiger partial charge in [-0.05, 0) is 6.92 Å². The van der Waals surface area contributed by atoms with E-state index in [-0.39, 0.29) is 0 Å². The Morgan fingerprint density at radius 2 is 2.20 bits per heavy atom. The van der Waals surface area contributed by atoms with Gasteiger partial charge in [-0.25, -0.2) is 4.79 Å². The van der Waals surface area contributed by atoms with Crippen molar-refractivity contribution in [1.82, 2.24) is 5.32 Å². The summed E-state index contributed by atoms with van der Waals surface area (Å²) in [6.45, 7) is 11.2. The van der Waals surface area contributed by atoms with Crippen LogP contribution >= 0.6 is 0 Å².